The summed E-state index contributed by atoms with van der Waals surface area (Å²) in [4.78, 5) is 2.35. The summed E-state index contributed by atoms with van der Waals surface area (Å²) in [5.74, 6) is 0. The zero-order valence-corrected chi connectivity index (χ0v) is 8.67. The molecule has 0 N–H and O–H groups in total. The van der Waals surface area contributed by atoms with Gasteiger partial charge in [-0.3, -0.25) is 4.90 Å². The monoisotopic (exact) mass is 221 g/mol. The summed E-state index contributed by atoms with van der Waals surface area (Å²) < 4.78 is 5.38. The second-order valence-corrected chi connectivity index (χ2v) is 2.73. The quantitative estimate of drug-likeness (QED) is 0.656. The fourth-order valence-electron chi connectivity index (χ4n) is 1.24. The SMILES string of the molecule is Br.C=CCN1CCOC(C)C1. The van der Waals surface area contributed by atoms with Crippen LogP contribution < -0.4 is 0 Å². The third-order valence-electron chi connectivity index (χ3n) is 1.71. The molecule has 0 aromatic heterocycles. The Morgan fingerprint density at radius 2 is 2.45 bits per heavy atom. The summed E-state index contributed by atoms with van der Waals surface area (Å²) in [6, 6.07) is 0. The standard InChI is InChI=1S/C8H15NO.BrH/c1-3-4-9-5-6-10-8(2)7-9;/h3,8H,1,4-7H2,2H3;1H. The first kappa shape index (κ1) is 11.1. The van der Waals surface area contributed by atoms with Crippen LogP contribution in [-0.4, -0.2) is 37.2 Å². The van der Waals surface area contributed by atoms with E-state index in [-0.39, 0.29) is 17.0 Å². The molecule has 2 nitrogen and oxygen atoms in total. The molecule has 0 spiro atoms. The zero-order valence-electron chi connectivity index (χ0n) is 6.95. The molecule has 0 aliphatic carbocycles. The van der Waals surface area contributed by atoms with Crippen LogP contribution in [0.25, 0.3) is 0 Å². The molecule has 1 fully saturated rings. The third-order valence-corrected chi connectivity index (χ3v) is 1.71. The van der Waals surface area contributed by atoms with Gasteiger partial charge in [-0.15, -0.1) is 23.6 Å². The Hall–Kier alpha value is 0.140. The summed E-state index contributed by atoms with van der Waals surface area (Å²) in [5, 5.41) is 0. The molecule has 0 saturated carbocycles. The average Bonchev–Trinajstić information content (AvgIpc) is 1.88. The fraction of sp³-hybridized carbons (Fsp3) is 0.750. The maximum Gasteiger partial charge on any atom is 0.0674 e. The second kappa shape index (κ2) is 5.75. The Balaban J connectivity index is 0.000001000. The van der Waals surface area contributed by atoms with E-state index in [1.54, 1.807) is 0 Å². The van der Waals surface area contributed by atoms with Gasteiger partial charge in [0.2, 0.25) is 0 Å². The molecule has 1 saturated heterocycles. The highest BCUT2D eigenvalue weighted by molar-refractivity contribution is 8.93. The average molecular weight is 222 g/mol. The number of rotatable bonds is 2. The van der Waals surface area contributed by atoms with Crippen molar-refractivity contribution in [3.8, 4) is 0 Å². The van der Waals surface area contributed by atoms with Crippen molar-refractivity contribution < 1.29 is 4.74 Å². The molecule has 1 heterocycles. The minimum Gasteiger partial charge on any atom is -0.376 e. The highest BCUT2D eigenvalue weighted by atomic mass is 79.9. The fourth-order valence-corrected chi connectivity index (χ4v) is 1.24. The van der Waals surface area contributed by atoms with Gasteiger partial charge in [0.15, 0.2) is 0 Å². The van der Waals surface area contributed by atoms with Gasteiger partial charge in [-0.25, -0.2) is 0 Å². The molecule has 11 heavy (non-hydrogen) atoms. The van der Waals surface area contributed by atoms with Crippen molar-refractivity contribution in [2.45, 2.75) is 13.0 Å². The van der Waals surface area contributed by atoms with Gasteiger partial charge in [0.1, 0.15) is 0 Å². The van der Waals surface area contributed by atoms with Crippen LogP contribution >= 0.6 is 17.0 Å². The maximum atomic E-state index is 5.38. The number of hydrogen-bond donors (Lipinski definition) is 0. The van der Waals surface area contributed by atoms with Gasteiger partial charge in [0, 0.05) is 19.6 Å². The van der Waals surface area contributed by atoms with E-state index in [9.17, 15) is 0 Å². The van der Waals surface area contributed by atoms with Crippen LogP contribution in [0.15, 0.2) is 12.7 Å². The highest BCUT2D eigenvalue weighted by Gasteiger charge is 2.14. The summed E-state index contributed by atoms with van der Waals surface area (Å²) in [7, 11) is 0. The lowest BCUT2D eigenvalue weighted by Gasteiger charge is -2.29. The molecule has 0 bridgehead atoms. The van der Waals surface area contributed by atoms with Crippen molar-refractivity contribution in [1.82, 2.24) is 4.90 Å². The number of nitrogens with zero attached hydrogens (tertiary/aromatic N) is 1. The van der Waals surface area contributed by atoms with Gasteiger partial charge in [-0.1, -0.05) is 6.08 Å². The van der Waals surface area contributed by atoms with Crippen LogP contribution in [0.3, 0.4) is 0 Å². The molecule has 0 aromatic rings. The maximum absolute atomic E-state index is 5.38. The van der Waals surface area contributed by atoms with E-state index in [2.05, 4.69) is 18.4 Å². The first-order valence-corrected chi connectivity index (χ1v) is 3.78. The summed E-state index contributed by atoms with van der Waals surface area (Å²) in [6.45, 7) is 9.77. The number of morpholine rings is 1. The minimum atomic E-state index is 0. The van der Waals surface area contributed by atoms with Crippen molar-refractivity contribution in [3.05, 3.63) is 12.7 Å². The van der Waals surface area contributed by atoms with E-state index in [0.717, 1.165) is 26.2 Å². The van der Waals surface area contributed by atoms with Crippen LogP contribution in [0.1, 0.15) is 6.92 Å². The number of hydrogen-bond acceptors (Lipinski definition) is 2. The van der Waals surface area contributed by atoms with Gasteiger partial charge in [0.25, 0.3) is 0 Å². The molecule has 1 rings (SSSR count). The zero-order chi connectivity index (χ0) is 7.40. The Labute approximate surface area is 79.0 Å². The second-order valence-electron chi connectivity index (χ2n) is 2.73. The van der Waals surface area contributed by atoms with Gasteiger partial charge < -0.3 is 4.74 Å². The molecule has 1 aliphatic heterocycles. The van der Waals surface area contributed by atoms with Crippen LogP contribution in [0.2, 0.25) is 0 Å². The molecule has 0 aromatic carbocycles. The Bertz CT molecular complexity index is 119. The van der Waals surface area contributed by atoms with E-state index in [1.807, 2.05) is 6.08 Å². The number of ether oxygens (including phenoxy) is 1. The lowest BCUT2D eigenvalue weighted by atomic mass is 10.3. The van der Waals surface area contributed by atoms with Gasteiger partial charge in [0.05, 0.1) is 12.7 Å². The summed E-state index contributed by atoms with van der Waals surface area (Å²) in [6.07, 6.45) is 2.34. The molecule has 1 aliphatic rings. The van der Waals surface area contributed by atoms with Crippen molar-refractivity contribution in [1.29, 1.82) is 0 Å². The first-order chi connectivity index (χ1) is 4.83. The van der Waals surface area contributed by atoms with Gasteiger partial charge >= 0.3 is 0 Å². The molecular weight excluding hydrogens is 206 g/mol. The first-order valence-electron chi connectivity index (χ1n) is 3.78. The predicted octanol–water partition coefficient (Wildman–Crippen LogP) is 1.47. The molecular formula is C8H16BrNO. The predicted molar refractivity (Wildman–Crippen MR) is 52.4 cm³/mol. The van der Waals surface area contributed by atoms with Crippen LogP contribution in [0.4, 0.5) is 0 Å². The Kier molecular flexibility index (Phi) is 5.82. The largest absolute Gasteiger partial charge is 0.376 e. The summed E-state index contributed by atoms with van der Waals surface area (Å²) in [5.41, 5.74) is 0. The lowest BCUT2D eigenvalue weighted by Crippen LogP contribution is -2.40. The lowest BCUT2D eigenvalue weighted by molar-refractivity contribution is -0.0140. The molecule has 1 unspecified atom stereocenters. The van der Waals surface area contributed by atoms with Crippen molar-refractivity contribution in [3.63, 3.8) is 0 Å². The third kappa shape index (κ3) is 3.89. The van der Waals surface area contributed by atoms with Crippen molar-refractivity contribution in [2.75, 3.05) is 26.2 Å². The van der Waals surface area contributed by atoms with Crippen LogP contribution in [0, 0.1) is 0 Å². The normalized spacial score (nSPS) is 25.7. The number of halogens is 1. The molecule has 0 amide bonds. The van der Waals surface area contributed by atoms with E-state index in [1.165, 1.54) is 0 Å². The Morgan fingerprint density at radius 3 is 3.00 bits per heavy atom. The van der Waals surface area contributed by atoms with Crippen molar-refractivity contribution >= 4 is 17.0 Å². The smallest absolute Gasteiger partial charge is 0.0674 e. The van der Waals surface area contributed by atoms with Gasteiger partial charge in [-0.2, -0.15) is 0 Å². The van der Waals surface area contributed by atoms with E-state index in [0.29, 0.717) is 6.10 Å². The molecule has 1 atom stereocenters. The Morgan fingerprint density at radius 1 is 1.73 bits per heavy atom. The highest BCUT2D eigenvalue weighted by Crippen LogP contribution is 2.02. The molecule has 0 radical (unpaired) electrons. The van der Waals surface area contributed by atoms with E-state index >= 15 is 0 Å². The van der Waals surface area contributed by atoms with Crippen LogP contribution in [-0.2, 0) is 4.74 Å². The van der Waals surface area contributed by atoms with Crippen molar-refractivity contribution in [2.24, 2.45) is 0 Å². The summed E-state index contributed by atoms with van der Waals surface area (Å²) >= 11 is 0. The van der Waals surface area contributed by atoms with Crippen LogP contribution in [0.5, 0.6) is 0 Å². The molecule has 3 heteroatoms. The minimum absolute atomic E-state index is 0. The van der Waals surface area contributed by atoms with E-state index < -0.39 is 0 Å². The molecule has 66 valence electrons. The van der Waals surface area contributed by atoms with E-state index in [4.69, 9.17) is 4.74 Å². The topological polar surface area (TPSA) is 12.5 Å². The van der Waals surface area contributed by atoms with Gasteiger partial charge in [-0.05, 0) is 6.92 Å².